The Morgan fingerprint density at radius 3 is 2.40 bits per heavy atom. The summed E-state index contributed by atoms with van der Waals surface area (Å²) in [4.78, 5) is 46.3. The minimum absolute atomic E-state index is 0.0262. The lowest BCUT2D eigenvalue weighted by Crippen LogP contribution is -2.52. The molecule has 5 atom stereocenters. The first kappa shape index (κ1) is 32.5. The molecule has 0 unspecified atom stereocenters. The predicted octanol–water partition coefficient (Wildman–Crippen LogP) is 4.57. The molecule has 3 amide bonds. The number of carbonyl (C=O) groups is 3. The quantitative estimate of drug-likeness (QED) is 0.265. The fraction of sp³-hybridized carbons (Fsp3) is 0.447. The van der Waals surface area contributed by atoms with Crippen LogP contribution in [0, 0.1) is 5.92 Å². The van der Waals surface area contributed by atoms with E-state index in [0.717, 1.165) is 47.6 Å². The van der Waals surface area contributed by atoms with Crippen molar-refractivity contribution >= 4 is 42.4 Å². The SMILES string of the molecule is COc1ccc([Si](C)(C)[C@@H]2[C@@H](CC(=O)N3CCC[C@H]3CO)O[C@]3(C(=O)N(Cc4ccc(N5CCC5=O)cc4)c4ccccc43)[C@H]2C)cc1. The Hall–Kier alpha value is -3.99. The number of aliphatic hydroxyl groups is 1. The topological polar surface area (TPSA) is 99.6 Å². The first-order valence-corrected chi connectivity index (χ1v) is 20.2. The number of likely N-dealkylation sites (tertiary alicyclic amines) is 1. The van der Waals surface area contributed by atoms with Crippen LogP contribution in [-0.2, 0) is 31.3 Å². The number of rotatable bonds is 9. The van der Waals surface area contributed by atoms with Gasteiger partial charge in [0.1, 0.15) is 5.75 Å². The number of hydrogen-bond donors (Lipinski definition) is 1. The molecule has 0 saturated carbocycles. The van der Waals surface area contributed by atoms with Gasteiger partial charge in [0.15, 0.2) is 5.60 Å². The lowest BCUT2D eigenvalue weighted by atomic mass is 9.82. The third kappa shape index (κ3) is 5.16. The van der Waals surface area contributed by atoms with E-state index in [1.54, 1.807) is 12.0 Å². The van der Waals surface area contributed by atoms with E-state index in [0.29, 0.717) is 19.5 Å². The van der Waals surface area contributed by atoms with Crippen LogP contribution in [0.15, 0.2) is 72.8 Å². The number of anilines is 2. The van der Waals surface area contributed by atoms with Crippen molar-refractivity contribution in [2.75, 3.05) is 36.6 Å². The standard InChI is InChI=1S/C38H45N3O6Si/c1-25-36(48(3,4)30-17-15-29(46-2)16-18-30)33(22-35(44)39-20-7-8-28(39)24-42)47-38(25)31-9-5-6-10-32(31)41(37(38)45)23-26-11-13-27(14-12-26)40-21-19-34(40)43/h5-6,9-18,25,28,33,36,42H,7-8,19-24H2,1-4H3/t25-,28-,33+,36-,38+/m0/s1. The Bertz CT molecular complexity index is 1710. The van der Waals surface area contributed by atoms with E-state index in [9.17, 15) is 19.5 Å². The second kappa shape index (κ2) is 12.5. The number of hydrogen-bond acceptors (Lipinski definition) is 6. The van der Waals surface area contributed by atoms with Gasteiger partial charge in [-0.3, -0.25) is 14.4 Å². The summed E-state index contributed by atoms with van der Waals surface area (Å²) in [7, 11) is -0.748. The number of aliphatic hydroxyl groups excluding tert-OH is 1. The number of ether oxygens (including phenoxy) is 2. The number of nitrogens with zero attached hydrogens (tertiary/aromatic N) is 3. The van der Waals surface area contributed by atoms with Gasteiger partial charge >= 0.3 is 0 Å². The minimum Gasteiger partial charge on any atom is -0.497 e. The van der Waals surface area contributed by atoms with Crippen LogP contribution in [0.4, 0.5) is 11.4 Å². The van der Waals surface area contributed by atoms with Crippen molar-refractivity contribution < 1.29 is 29.0 Å². The highest BCUT2D eigenvalue weighted by atomic mass is 28.3. The zero-order valence-electron chi connectivity index (χ0n) is 28.2. The van der Waals surface area contributed by atoms with Crippen molar-refractivity contribution in [3.8, 4) is 5.75 Å². The maximum absolute atomic E-state index is 15.0. The number of amides is 3. The van der Waals surface area contributed by atoms with Crippen LogP contribution in [0.2, 0.25) is 18.6 Å². The molecule has 0 bridgehead atoms. The lowest BCUT2D eigenvalue weighted by Gasteiger charge is -2.37. The van der Waals surface area contributed by atoms with E-state index < -0.39 is 19.8 Å². The van der Waals surface area contributed by atoms with Gasteiger partial charge in [-0.2, -0.15) is 0 Å². The lowest BCUT2D eigenvalue weighted by molar-refractivity contribution is -0.150. The molecule has 0 aromatic heterocycles. The third-order valence-electron chi connectivity index (χ3n) is 11.5. The van der Waals surface area contributed by atoms with Crippen LogP contribution < -0.4 is 19.7 Å². The Morgan fingerprint density at radius 1 is 1.02 bits per heavy atom. The van der Waals surface area contributed by atoms with Crippen LogP contribution >= 0.6 is 0 Å². The number of para-hydroxylation sites is 1. The summed E-state index contributed by atoms with van der Waals surface area (Å²) in [6, 6.07) is 23.8. The molecule has 7 rings (SSSR count). The van der Waals surface area contributed by atoms with E-state index in [-0.39, 0.29) is 48.3 Å². The van der Waals surface area contributed by atoms with Gasteiger partial charge < -0.3 is 29.3 Å². The van der Waals surface area contributed by atoms with Crippen molar-refractivity contribution in [3.63, 3.8) is 0 Å². The molecule has 48 heavy (non-hydrogen) atoms. The van der Waals surface area contributed by atoms with Gasteiger partial charge in [0.25, 0.3) is 5.91 Å². The van der Waals surface area contributed by atoms with E-state index in [2.05, 4.69) is 32.2 Å². The van der Waals surface area contributed by atoms with E-state index in [1.807, 2.05) is 70.5 Å². The van der Waals surface area contributed by atoms with Crippen molar-refractivity contribution in [1.82, 2.24) is 4.90 Å². The number of benzene rings is 3. The van der Waals surface area contributed by atoms with Crippen molar-refractivity contribution in [1.29, 1.82) is 0 Å². The highest BCUT2D eigenvalue weighted by molar-refractivity contribution is 6.91. The van der Waals surface area contributed by atoms with Crippen LogP contribution in [0.25, 0.3) is 0 Å². The summed E-state index contributed by atoms with van der Waals surface area (Å²) < 4.78 is 12.6. The molecular formula is C38H45N3O6Si. The smallest absolute Gasteiger partial charge is 0.264 e. The Kier molecular flexibility index (Phi) is 8.46. The predicted molar refractivity (Wildman–Crippen MR) is 187 cm³/mol. The molecule has 0 radical (unpaired) electrons. The minimum atomic E-state index is -2.40. The molecule has 252 valence electrons. The molecule has 1 spiro atoms. The van der Waals surface area contributed by atoms with Gasteiger partial charge in [-0.15, -0.1) is 0 Å². The van der Waals surface area contributed by atoms with Crippen LogP contribution in [-0.4, -0.2) is 74.8 Å². The molecule has 3 aromatic rings. The van der Waals surface area contributed by atoms with Gasteiger partial charge in [-0.1, -0.05) is 67.7 Å². The highest BCUT2D eigenvalue weighted by Gasteiger charge is 2.66. The maximum atomic E-state index is 15.0. The molecule has 1 N–H and O–H groups in total. The summed E-state index contributed by atoms with van der Waals surface area (Å²) in [5, 5.41) is 11.2. The monoisotopic (exact) mass is 667 g/mol. The second-order valence-electron chi connectivity index (χ2n) is 14.3. The summed E-state index contributed by atoms with van der Waals surface area (Å²) >= 11 is 0. The van der Waals surface area contributed by atoms with Gasteiger partial charge in [0, 0.05) is 36.7 Å². The number of methoxy groups -OCH3 is 1. The average Bonchev–Trinajstić information content (AvgIpc) is 3.75. The summed E-state index contributed by atoms with van der Waals surface area (Å²) in [6.07, 6.45) is 1.91. The average molecular weight is 668 g/mol. The summed E-state index contributed by atoms with van der Waals surface area (Å²) in [5.41, 5.74) is 2.20. The molecule has 0 aliphatic carbocycles. The molecular weight excluding hydrogens is 623 g/mol. The number of fused-ring (bicyclic) bond motifs is 2. The summed E-state index contributed by atoms with van der Waals surface area (Å²) in [6.45, 7) is 8.43. The van der Waals surface area contributed by atoms with Crippen molar-refractivity contribution in [2.45, 2.75) is 75.5 Å². The van der Waals surface area contributed by atoms with E-state index >= 15 is 0 Å². The number of carbonyl (C=O) groups excluding carboxylic acids is 3. The van der Waals surface area contributed by atoms with Gasteiger partial charge in [-0.25, -0.2) is 0 Å². The van der Waals surface area contributed by atoms with Crippen LogP contribution in [0.3, 0.4) is 0 Å². The Morgan fingerprint density at radius 2 is 1.75 bits per heavy atom. The fourth-order valence-electron chi connectivity index (χ4n) is 8.82. The van der Waals surface area contributed by atoms with Gasteiger partial charge in [-0.05, 0) is 54.3 Å². The van der Waals surface area contributed by atoms with Crippen molar-refractivity contribution in [2.24, 2.45) is 5.92 Å². The Labute approximate surface area is 283 Å². The molecule has 3 aromatic carbocycles. The normalized spacial score (nSPS) is 26.7. The fourth-order valence-corrected chi connectivity index (χ4v) is 12.8. The molecule has 10 heteroatoms. The molecule has 4 aliphatic rings. The first-order valence-electron chi connectivity index (χ1n) is 17.1. The summed E-state index contributed by atoms with van der Waals surface area (Å²) in [5.74, 6) is 0.561. The number of β-lactam (4-membered cyclic amide) rings is 1. The van der Waals surface area contributed by atoms with E-state index in [4.69, 9.17) is 9.47 Å². The molecule has 3 fully saturated rings. The first-order chi connectivity index (χ1) is 23.1. The molecule has 9 nitrogen and oxygen atoms in total. The molecule has 4 heterocycles. The van der Waals surface area contributed by atoms with Gasteiger partial charge in [0.2, 0.25) is 11.8 Å². The largest absolute Gasteiger partial charge is 0.497 e. The zero-order valence-corrected chi connectivity index (χ0v) is 29.2. The maximum Gasteiger partial charge on any atom is 0.264 e. The second-order valence-corrected chi connectivity index (χ2v) is 19.0. The van der Waals surface area contributed by atoms with E-state index in [1.165, 1.54) is 5.19 Å². The zero-order chi connectivity index (χ0) is 33.8. The molecule has 3 saturated heterocycles. The third-order valence-corrected chi connectivity index (χ3v) is 15.8. The van der Waals surface area contributed by atoms with Crippen molar-refractivity contribution in [3.05, 3.63) is 83.9 Å². The Balaban J connectivity index is 1.25. The molecule has 4 aliphatic heterocycles. The van der Waals surface area contributed by atoms with Crippen LogP contribution in [0.5, 0.6) is 5.75 Å². The van der Waals surface area contributed by atoms with Crippen LogP contribution in [0.1, 0.15) is 43.7 Å². The van der Waals surface area contributed by atoms with Gasteiger partial charge in [0.05, 0.1) is 52.6 Å². The highest BCUT2D eigenvalue weighted by Crippen LogP contribution is 2.60.